The van der Waals surface area contributed by atoms with Gasteiger partial charge in [0.2, 0.25) is 5.91 Å². The fourth-order valence-corrected chi connectivity index (χ4v) is 5.01. The van der Waals surface area contributed by atoms with E-state index in [1.54, 1.807) is 6.92 Å². The van der Waals surface area contributed by atoms with Crippen LogP contribution in [0.3, 0.4) is 0 Å². The van der Waals surface area contributed by atoms with E-state index in [1.807, 2.05) is 13.8 Å². The van der Waals surface area contributed by atoms with Crippen LogP contribution in [0.15, 0.2) is 23.1 Å². The molecule has 0 saturated heterocycles. The fraction of sp³-hybridized carbons (Fsp3) is 0.350. The molecular formula is C20H19F3N6O2S2. The van der Waals surface area contributed by atoms with Gasteiger partial charge < -0.3 is 10.3 Å². The van der Waals surface area contributed by atoms with Crippen molar-refractivity contribution in [3.05, 3.63) is 56.3 Å². The van der Waals surface area contributed by atoms with Gasteiger partial charge in [0.25, 0.3) is 5.56 Å². The van der Waals surface area contributed by atoms with E-state index >= 15 is 0 Å². The number of nitrogens with one attached hydrogen (secondary N) is 2. The molecule has 1 amide bonds. The Morgan fingerprint density at radius 3 is 2.79 bits per heavy atom. The molecule has 0 aromatic carbocycles. The molecule has 0 aliphatic heterocycles. The van der Waals surface area contributed by atoms with Gasteiger partial charge in [0.05, 0.1) is 28.5 Å². The van der Waals surface area contributed by atoms with Crippen LogP contribution in [0.1, 0.15) is 34.6 Å². The normalized spacial score (nSPS) is 13.0. The van der Waals surface area contributed by atoms with Gasteiger partial charge in [-0.1, -0.05) is 0 Å². The number of carbonyl (C=O) groups excluding carboxylic acids is 1. The van der Waals surface area contributed by atoms with E-state index in [9.17, 15) is 22.8 Å². The number of halogens is 3. The molecular weight excluding hydrogens is 477 g/mol. The molecule has 4 aromatic heterocycles. The molecule has 0 saturated carbocycles. The number of pyridine rings is 1. The molecule has 0 bridgehead atoms. The predicted molar refractivity (Wildman–Crippen MR) is 120 cm³/mol. The Labute approximate surface area is 193 Å². The van der Waals surface area contributed by atoms with Crippen LogP contribution < -0.4 is 10.9 Å². The van der Waals surface area contributed by atoms with E-state index < -0.39 is 17.0 Å². The van der Waals surface area contributed by atoms with Crippen molar-refractivity contribution in [1.82, 2.24) is 29.9 Å². The highest BCUT2D eigenvalue weighted by atomic mass is 32.2. The quantitative estimate of drug-likeness (QED) is 0.423. The Kier molecular flexibility index (Phi) is 6.18. The Balaban J connectivity index is 1.39. The summed E-state index contributed by atoms with van der Waals surface area (Å²) in [5.74, 6) is 0.650. The number of aromatic amines is 1. The summed E-state index contributed by atoms with van der Waals surface area (Å²) in [5, 5.41) is 10.5. The lowest BCUT2D eigenvalue weighted by molar-refractivity contribution is -0.137. The van der Waals surface area contributed by atoms with Crippen LogP contribution in [0.5, 0.6) is 0 Å². The van der Waals surface area contributed by atoms with Crippen LogP contribution >= 0.6 is 23.1 Å². The Hall–Kier alpha value is -2.93. The van der Waals surface area contributed by atoms with Gasteiger partial charge in [-0.15, -0.1) is 33.3 Å². The molecule has 1 unspecified atom stereocenters. The van der Waals surface area contributed by atoms with Crippen molar-refractivity contribution in [2.45, 2.75) is 44.5 Å². The number of alkyl halides is 3. The highest BCUT2D eigenvalue weighted by Gasteiger charge is 2.31. The van der Waals surface area contributed by atoms with Crippen molar-refractivity contribution in [2.75, 3.05) is 0 Å². The standard InChI is InChI=1S/C20H19F3N6O2S2/c1-9-10(2)33-19-16(9)18(31)25-13(26-19)8-32-11(3)17(30)24-6-15-28-27-14-5-4-12(7-29(14)15)20(21,22)23/h4-5,7,11H,6,8H2,1-3H3,(H,24,30)(H,25,26,31). The number of fused-ring (bicyclic) bond motifs is 2. The third-order valence-electron chi connectivity index (χ3n) is 5.15. The number of nitrogens with zero attached hydrogens (tertiary/aromatic N) is 4. The number of aryl methyl sites for hydroxylation is 2. The zero-order chi connectivity index (χ0) is 23.9. The van der Waals surface area contributed by atoms with Gasteiger partial charge in [0.15, 0.2) is 11.5 Å². The van der Waals surface area contributed by atoms with Crippen molar-refractivity contribution in [2.24, 2.45) is 0 Å². The lowest BCUT2D eigenvalue weighted by Gasteiger charge is -2.12. The van der Waals surface area contributed by atoms with Gasteiger partial charge in [-0.05, 0) is 38.5 Å². The number of hydrogen-bond acceptors (Lipinski definition) is 7. The van der Waals surface area contributed by atoms with Gasteiger partial charge in [-0.25, -0.2) is 4.98 Å². The maximum absolute atomic E-state index is 13.0. The zero-order valence-electron chi connectivity index (χ0n) is 17.8. The summed E-state index contributed by atoms with van der Waals surface area (Å²) >= 11 is 2.73. The van der Waals surface area contributed by atoms with Crippen LogP contribution in [0.4, 0.5) is 13.2 Å². The minimum Gasteiger partial charge on any atom is -0.348 e. The molecule has 4 rings (SSSR count). The smallest absolute Gasteiger partial charge is 0.348 e. The minimum absolute atomic E-state index is 0.0823. The second-order valence-corrected chi connectivity index (χ2v) is 9.94. The van der Waals surface area contributed by atoms with E-state index in [4.69, 9.17) is 0 Å². The molecule has 0 aliphatic carbocycles. The van der Waals surface area contributed by atoms with Crippen molar-refractivity contribution in [3.8, 4) is 0 Å². The molecule has 174 valence electrons. The summed E-state index contributed by atoms with van der Waals surface area (Å²) in [5.41, 5.74) is 0.130. The van der Waals surface area contributed by atoms with Gasteiger partial charge in [-0.2, -0.15) is 13.2 Å². The molecule has 2 N–H and O–H groups in total. The molecule has 4 aromatic rings. The lowest BCUT2D eigenvalue weighted by Crippen LogP contribution is -2.31. The van der Waals surface area contributed by atoms with Crippen molar-refractivity contribution in [1.29, 1.82) is 0 Å². The highest BCUT2D eigenvalue weighted by Crippen LogP contribution is 2.29. The Bertz CT molecular complexity index is 1410. The van der Waals surface area contributed by atoms with Crippen LogP contribution in [0, 0.1) is 13.8 Å². The first-order valence-corrected chi connectivity index (χ1v) is 11.7. The van der Waals surface area contributed by atoms with Crippen molar-refractivity contribution >= 4 is 44.9 Å². The number of hydrogen-bond donors (Lipinski definition) is 2. The molecule has 33 heavy (non-hydrogen) atoms. The second-order valence-electron chi connectivity index (χ2n) is 7.41. The summed E-state index contributed by atoms with van der Waals surface area (Å²) in [6, 6.07) is 2.15. The average molecular weight is 497 g/mol. The minimum atomic E-state index is -4.50. The first-order valence-electron chi connectivity index (χ1n) is 9.83. The SMILES string of the molecule is Cc1sc2nc(CSC(C)C(=O)NCc3nnc4ccc(C(F)(F)F)cn34)[nH]c(=O)c2c1C. The van der Waals surface area contributed by atoms with Gasteiger partial charge in [0, 0.05) is 11.1 Å². The molecule has 0 fully saturated rings. The van der Waals surface area contributed by atoms with Crippen LogP contribution in [-0.2, 0) is 23.3 Å². The van der Waals surface area contributed by atoms with Gasteiger partial charge in [-0.3, -0.25) is 14.0 Å². The number of H-pyrrole nitrogens is 1. The highest BCUT2D eigenvalue weighted by molar-refractivity contribution is 7.99. The topological polar surface area (TPSA) is 105 Å². The van der Waals surface area contributed by atoms with Crippen molar-refractivity contribution in [3.63, 3.8) is 0 Å². The third-order valence-corrected chi connectivity index (χ3v) is 7.40. The molecule has 0 radical (unpaired) electrons. The predicted octanol–water partition coefficient (Wildman–Crippen LogP) is 3.60. The van der Waals surface area contributed by atoms with Crippen LogP contribution in [0.25, 0.3) is 15.9 Å². The molecule has 1 atom stereocenters. The number of aromatic nitrogens is 5. The maximum Gasteiger partial charge on any atom is 0.417 e. The summed E-state index contributed by atoms with van der Waals surface area (Å²) in [6.45, 7) is 5.43. The number of rotatable bonds is 6. The fourth-order valence-electron chi connectivity index (χ4n) is 3.18. The van der Waals surface area contributed by atoms with Crippen LogP contribution in [0.2, 0.25) is 0 Å². The number of amides is 1. The lowest BCUT2D eigenvalue weighted by atomic mass is 10.2. The zero-order valence-corrected chi connectivity index (χ0v) is 19.4. The van der Waals surface area contributed by atoms with E-state index in [2.05, 4.69) is 25.5 Å². The first-order chi connectivity index (χ1) is 15.5. The van der Waals surface area contributed by atoms with Gasteiger partial charge in [0.1, 0.15) is 10.7 Å². The van der Waals surface area contributed by atoms with Gasteiger partial charge >= 0.3 is 6.18 Å². The van der Waals surface area contributed by atoms with E-state index in [1.165, 1.54) is 33.6 Å². The Morgan fingerprint density at radius 2 is 2.06 bits per heavy atom. The van der Waals surface area contributed by atoms with E-state index in [-0.39, 0.29) is 29.5 Å². The van der Waals surface area contributed by atoms with E-state index in [0.29, 0.717) is 21.8 Å². The maximum atomic E-state index is 13.0. The number of thiophene rings is 1. The Morgan fingerprint density at radius 1 is 1.30 bits per heavy atom. The molecule has 13 heteroatoms. The molecule has 4 heterocycles. The van der Waals surface area contributed by atoms with Crippen LogP contribution in [-0.4, -0.2) is 35.7 Å². The largest absolute Gasteiger partial charge is 0.417 e. The second kappa shape index (κ2) is 8.78. The summed E-state index contributed by atoms with van der Waals surface area (Å²) in [7, 11) is 0. The summed E-state index contributed by atoms with van der Waals surface area (Å²) in [4.78, 5) is 33.8. The first kappa shape index (κ1) is 23.2. The molecule has 8 nitrogen and oxygen atoms in total. The number of carbonyl (C=O) groups is 1. The summed E-state index contributed by atoms with van der Waals surface area (Å²) < 4.78 is 40.1. The van der Waals surface area contributed by atoms with Crippen molar-refractivity contribution < 1.29 is 18.0 Å². The third kappa shape index (κ3) is 4.74. The average Bonchev–Trinajstić information content (AvgIpc) is 3.29. The van der Waals surface area contributed by atoms with E-state index in [0.717, 1.165) is 22.7 Å². The molecule has 0 spiro atoms. The monoisotopic (exact) mass is 496 g/mol. The summed E-state index contributed by atoms with van der Waals surface area (Å²) in [6.07, 6.45) is -3.59. The number of thioether (sulfide) groups is 1. The molecule has 0 aliphatic rings.